The number of allylic oxidation sites excluding steroid dienone is 2. The zero-order valence-electron chi connectivity index (χ0n) is 6.72. The van der Waals surface area contributed by atoms with Crippen LogP contribution in [0.1, 0.15) is 32.6 Å². The fraction of sp³-hybridized carbons (Fsp3) is 0.800. The second kappa shape index (κ2) is 2.41. The third-order valence-electron chi connectivity index (χ3n) is 3.21. The highest BCUT2D eigenvalue weighted by Gasteiger charge is 2.30. The third-order valence-corrected chi connectivity index (χ3v) is 3.21. The quantitative estimate of drug-likeness (QED) is 0.449. The van der Waals surface area contributed by atoms with Gasteiger partial charge in [0.25, 0.3) is 0 Å². The molecule has 0 spiro atoms. The van der Waals surface area contributed by atoms with Crippen molar-refractivity contribution < 1.29 is 0 Å². The van der Waals surface area contributed by atoms with Gasteiger partial charge in [0.1, 0.15) is 0 Å². The summed E-state index contributed by atoms with van der Waals surface area (Å²) in [5, 5.41) is 0. The Morgan fingerprint density at radius 3 is 2.70 bits per heavy atom. The first kappa shape index (κ1) is 6.45. The predicted molar refractivity (Wildman–Crippen MR) is 43.8 cm³/mol. The summed E-state index contributed by atoms with van der Waals surface area (Å²) >= 11 is 0. The maximum atomic E-state index is 2.45. The topological polar surface area (TPSA) is 0 Å². The van der Waals surface area contributed by atoms with Crippen LogP contribution in [0.5, 0.6) is 0 Å². The molecule has 0 aliphatic heterocycles. The summed E-state index contributed by atoms with van der Waals surface area (Å²) in [4.78, 5) is 0. The van der Waals surface area contributed by atoms with E-state index in [0.717, 1.165) is 17.8 Å². The van der Waals surface area contributed by atoms with Gasteiger partial charge in [0.05, 0.1) is 0 Å². The van der Waals surface area contributed by atoms with Crippen molar-refractivity contribution in [3.8, 4) is 0 Å². The third kappa shape index (κ3) is 0.902. The average Bonchev–Trinajstić information content (AvgIpc) is 2.34. The first-order valence-electron chi connectivity index (χ1n) is 4.56. The van der Waals surface area contributed by atoms with Gasteiger partial charge in [-0.3, -0.25) is 0 Å². The summed E-state index contributed by atoms with van der Waals surface area (Å²) in [7, 11) is 0. The van der Waals surface area contributed by atoms with Gasteiger partial charge in [0.2, 0.25) is 0 Å². The van der Waals surface area contributed by atoms with Gasteiger partial charge in [-0.15, -0.1) is 0 Å². The highest BCUT2D eigenvalue weighted by molar-refractivity contribution is 5.06. The highest BCUT2D eigenvalue weighted by Crippen LogP contribution is 2.40. The number of fused-ring (bicyclic) bond motifs is 1. The van der Waals surface area contributed by atoms with E-state index in [0.29, 0.717) is 0 Å². The molecular formula is C10H16. The van der Waals surface area contributed by atoms with E-state index >= 15 is 0 Å². The van der Waals surface area contributed by atoms with Crippen LogP contribution in [0, 0.1) is 17.8 Å². The Morgan fingerprint density at radius 1 is 1.10 bits per heavy atom. The van der Waals surface area contributed by atoms with E-state index in [2.05, 4.69) is 19.1 Å². The van der Waals surface area contributed by atoms with E-state index in [9.17, 15) is 0 Å². The molecular weight excluding hydrogens is 120 g/mol. The van der Waals surface area contributed by atoms with E-state index in [-0.39, 0.29) is 0 Å². The maximum absolute atomic E-state index is 2.45. The van der Waals surface area contributed by atoms with Gasteiger partial charge in [-0.1, -0.05) is 31.9 Å². The second-order valence-electron chi connectivity index (χ2n) is 3.86. The highest BCUT2D eigenvalue weighted by atomic mass is 14.3. The molecule has 2 rings (SSSR count). The number of rotatable bonds is 0. The summed E-state index contributed by atoms with van der Waals surface area (Å²) in [6.45, 7) is 2.37. The first-order valence-corrected chi connectivity index (χ1v) is 4.56. The molecule has 3 unspecified atom stereocenters. The van der Waals surface area contributed by atoms with Gasteiger partial charge in [-0.05, 0) is 30.6 Å². The largest absolute Gasteiger partial charge is 0.0851 e. The van der Waals surface area contributed by atoms with Crippen LogP contribution in [0.2, 0.25) is 0 Å². The molecule has 0 aromatic heterocycles. The molecule has 0 aromatic rings. The lowest BCUT2D eigenvalue weighted by Crippen LogP contribution is -2.17. The van der Waals surface area contributed by atoms with Gasteiger partial charge in [0, 0.05) is 0 Å². The summed E-state index contributed by atoms with van der Waals surface area (Å²) in [5.74, 6) is 2.86. The minimum atomic E-state index is 0.880. The van der Waals surface area contributed by atoms with Crippen molar-refractivity contribution >= 4 is 0 Å². The van der Waals surface area contributed by atoms with Crippen molar-refractivity contribution in [2.24, 2.45) is 17.8 Å². The SMILES string of the molecule is CC1C=CC2CCCCC12. The molecule has 0 amide bonds. The zero-order valence-corrected chi connectivity index (χ0v) is 6.72. The molecule has 2 aliphatic rings. The molecule has 0 bridgehead atoms. The van der Waals surface area contributed by atoms with E-state index < -0.39 is 0 Å². The van der Waals surface area contributed by atoms with Crippen molar-refractivity contribution in [1.82, 2.24) is 0 Å². The van der Waals surface area contributed by atoms with Gasteiger partial charge < -0.3 is 0 Å². The number of hydrogen-bond acceptors (Lipinski definition) is 0. The van der Waals surface area contributed by atoms with Gasteiger partial charge in [-0.2, -0.15) is 0 Å². The van der Waals surface area contributed by atoms with Crippen molar-refractivity contribution in [1.29, 1.82) is 0 Å². The molecule has 0 heteroatoms. The van der Waals surface area contributed by atoms with Crippen molar-refractivity contribution in [2.45, 2.75) is 32.6 Å². The average molecular weight is 136 g/mol. The smallest absolute Gasteiger partial charge is 0.0200 e. The van der Waals surface area contributed by atoms with E-state index in [1.54, 1.807) is 0 Å². The fourth-order valence-electron chi connectivity index (χ4n) is 2.54. The molecule has 0 nitrogen and oxygen atoms in total. The molecule has 0 aromatic carbocycles. The van der Waals surface area contributed by atoms with E-state index in [1.165, 1.54) is 25.7 Å². The van der Waals surface area contributed by atoms with Crippen LogP contribution in [0.3, 0.4) is 0 Å². The Kier molecular flexibility index (Phi) is 1.55. The van der Waals surface area contributed by atoms with Crippen LogP contribution in [0.4, 0.5) is 0 Å². The molecule has 56 valence electrons. The van der Waals surface area contributed by atoms with Crippen LogP contribution in [-0.2, 0) is 0 Å². The van der Waals surface area contributed by atoms with Crippen LogP contribution < -0.4 is 0 Å². The lowest BCUT2D eigenvalue weighted by molar-refractivity contribution is 0.257. The molecule has 10 heavy (non-hydrogen) atoms. The molecule has 0 heterocycles. The maximum Gasteiger partial charge on any atom is -0.0200 e. The molecule has 1 fully saturated rings. The van der Waals surface area contributed by atoms with Crippen LogP contribution >= 0.6 is 0 Å². The first-order chi connectivity index (χ1) is 4.88. The summed E-state index contributed by atoms with van der Waals surface area (Å²) in [6, 6.07) is 0. The lowest BCUT2D eigenvalue weighted by Gasteiger charge is -2.27. The van der Waals surface area contributed by atoms with Gasteiger partial charge in [-0.25, -0.2) is 0 Å². The van der Waals surface area contributed by atoms with Crippen LogP contribution in [0.15, 0.2) is 12.2 Å². The minimum absolute atomic E-state index is 0.880. The lowest BCUT2D eigenvalue weighted by atomic mass is 9.78. The van der Waals surface area contributed by atoms with Crippen LogP contribution in [0.25, 0.3) is 0 Å². The van der Waals surface area contributed by atoms with Gasteiger partial charge >= 0.3 is 0 Å². The Hall–Kier alpha value is -0.260. The van der Waals surface area contributed by atoms with E-state index in [4.69, 9.17) is 0 Å². The zero-order chi connectivity index (χ0) is 6.97. The van der Waals surface area contributed by atoms with Gasteiger partial charge in [0.15, 0.2) is 0 Å². The normalized spacial score (nSPS) is 45.5. The van der Waals surface area contributed by atoms with Crippen molar-refractivity contribution in [2.75, 3.05) is 0 Å². The molecule has 0 N–H and O–H groups in total. The monoisotopic (exact) mass is 136 g/mol. The minimum Gasteiger partial charge on any atom is -0.0851 e. The summed E-state index contributed by atoms with van der Waals surface area (Å²) < 4.78 is 0. The molecule has 0 saturated heterocycles. The Morgan fingerprint density at radius 2 is 1.90 bits per heavy atom. The van der Waals surface area contributed by atoms with Crippen molar-refractivity contribution in [3.63, 3.8) is 0 Å². The number of hydrogen-bond donors (Lipinski definition) is 0. The summed E-state index contributed by atoms with van der Waals surface area (Å²) in [6.07, 6.45) is 10.8. The van der Waals surface area contributed by atoms with Crippen molar-refractivity contribution in [3.05, 3.63) is 12.2 Å². The second-order valence-corrected chi connectivity index (χ2v) is 3.86. The molecule has 2 aliphatic carbocycles. The standard InChI is InChI=1S/C10H16/c1-8-6-7-9-4-2-3-5-10(8)9/h6-10H,2-5H2,1H3. The Bertz CT molecular complexity index is 146. The fourth-order valence-corrected chi connectivity index (χ4v) is 2.54. The van der Waals surface area contributed by atoms with Crippen LogP contribution in [-0.4, -0.2) is 0 Å². The predicted octanol–water partition coefficient (Wildman–Crippen LogP) is 3.00. The molecule has 1 saturated carbocycles. The summed E-state index contributed by atoms with van der Waals surface area (Å²) in [5.41, 5.74) is 0. The molecule has 0 radical (unpaired) electrons. The Labute approximate surface area is 63.3 Å². The molecule has 3 atom stereocenters. The van der Waals surface area contributed by atoms with E-state index in [1.807, 2.05) is 0 Å². The Balaban J connectivity index is 2.07.